The van der Waals surface area contributed by atoms with Crippen LogP contribution in [0.15, 0.2) is 17.1 Å². The smallest absolute Gasteiger partial charge is 0.314 e. The second-order valence-corrected chi connectivity index (χ2v) is 10.7. The quantitative estimate of drug-likeness (QED) is 0.198. The predicted molar refractivity (Wildman–Crippen MR) is 148 cm³/mol. The number of methoxy groups -OCH3 is 2. The van der Waals surface area contributed by atoms with Crippen molar-refractivity contribution in [2.45, 2.75) is 18.9 Å². The molecule has 0 saturated heterocycles. The van der Waals surface area contributed by atoms with Gasteiger partial charge in [0, 0.05) is 18.2 Å². The van der Waals surface area contributed by atoms with E-state index < -0.39 is 29.8 Å². The summed E-state index contributed by atoms with van der Waals surface area (Å²) in [6, 6.07) is 2.23. The van der Waals surface area contributed by atoms with Crippen molar-refractivity contribution in [3.8, 4) is 0 Å². The van der Waals surface area contributed by atoms with E-state index in [0.29, 0.717) is 11.4 Å². The van der Waals surface area contributed by atoms with E-state index in [1.54, 1.807) is 0 Å². The number of anilines is 1. The predicted octanol–water partition coefficient (Wildman–Crippen LogP) is 8.84. The van der Waals surface area contributed by atoms with Crippen LogP contribution in [0.1, 0.15) is 12.8 Å². The van der Waals surface area contributed by atoms with Crippen LogP contribution in [0.25, 0.3) is 0 Å². The Kier molecular flexibility index (Phi) is 10.2. The zero-order valence-corrected chi connectivity index (χ0v) is 24.5. The molecule has 1 aliphatic carbocycles. The van der Waals surface area contributed by atoms with Gasteiger partial charge in [0.15, 0.2) is 0 Å². The Morgan fingerprint density at radius 2 is 1.36 bits per heavy atom. The van der Waals surface area contributed by atoms with Gasteiger partial charge in [0.1, 0.15) is 0 Å². The molecular formula is C22H16Cl8N2O4. The highest BCUT2D eigenvalue weighted by atomic mass is 35.5. The first-order valence-electron chi connectivity index (χ1n) is 10.1. The van der Waals surface area contributed by atoms with Crippen molar-refractivity contribution in [2.75, 3.05) is 19.5 Å². The van der Waals surface area contributed by atoms with Gasteiger partial charge in [-0.3, -0.25) is 14.6 Å². The van der Waals surface area contributed by atoms with E-state index in [9.17, 15) is 9.59 Å². The molecule has 14 heteroatoms. The monoisotopic (exact) mass is 652 g/mol. The van der Waals surface area contributed by atoms with E-state index in [2.05, 4.69) is 10.3 Å². The van der Waals surface area contributed by atoms with Gasteiger partial charge in [0.25, 0.3) is 0 Å². The van der Waals surface area contributed by atoms with Gasteiger partial charge in [-0.15, -0.1) is 0 Å². The maximum atomic E-state index is 12.8. The first-order chi connectivity index (χ1) is 16.9. The van der Waals surface area contributed by atoms with Crippen molar-refractivity contribution in [3.63, 3.8) is 0 Å². The first-order valence-corrected chi connectivity index (χ1v) is 13.1. The molecule has 1 fully saturated rings. The Labute approximate surface area is 247 Å². The maximum absolute atomic E-state index is 12.8. The summed E-state index contributed by atoms with van der Waals surface area (Å²) in [6.07, 6.45) is 0.0805. The molecule has 3 atom stereocenters. The van der Waals surface area contributed by atoms with Crippen LogP contribution in [0.4, 0.5) is 11.4 Å². The largest absolute Gasteiger partial charge is 0.469 e. The highest BCUT2D eigenvalue weighted by Gasteiger charge is 2.43. The minimum atomic E-state index is -0.866. The van der Waals surface area contributed by atoms with Gasteiger partial charge in [0.05, 0.1) is 77.6 Å². The van der Waals surface area contributed by atoms with E-state index in [-0.39, 0.29) is 58.7 Å². The lowest BCUT2D eigenvalue weighted by molar-refractivity contribution is -0.148. The van der Waals surface area contributed by atoms with Gasteiger partial charge in [-0.05, 0) is 18.6 Å². The van der Waals surface area contributed by atoms with Crippen LogP contribution in [0.2, 0.25) is 40.2 Å². The Balaban J connectivity index is 2.08. The van der Waals surface area contributed by atoms with Crippen LogP contribution in [-0.4, -0.2) is 37.9 Å². The molecule has 2 aromatic carbocycles. The van der Waals surface area contributed by atoms with Crippen molar-refractivity contribution in [1.29, 1.82) is 0 Å². The highest BCUT2D eigenvalue weighted by molar-refractivity contribution is 6.53. The summed E-state index contributed by atoms with van der Waals surface area (Å²) in [7, 11) is 2.49. The number of nitrogens with one attached hydrogen (secondary N) is 1. The number of hydrogen-bond acceptors (Lipinski definition) is 6. The molecule has 0 heterocycles. The second kappa shape index (κ2) is 12.4. The maximum Gasteiger partial charge on any atom is 0.314 e. The first kappa shape index (κ1) is 29.7. The molecule has 0 aliphatic heterocycles. The standard InChI is InChI=1S/C22H16Cl8N2O4/c1-35-21(33)7-3-12(32-14-6-10(24)16(26)20(30)18(14)28)8(22(34)36-2)4-11(7)31-13-5-9(23)15(25)19(29)17(13)27/h5-8,11,31H,3-4H2,1-2H3. The Hall–Kier alpha value is -0.830. The number of benzene rings is 2. The lowest BCUT2D eigenvalue weighted by atomic mass is 9.76. The molecule has 2 aromatic rings. The molecule has 3 rings (SSSR count). The lowest BCUT2D eigenvalue weighted by Gasteiger charge is -2.36. The van der Waals surface area contributed by atoms with Crippen molar-refractivity contribution < 1.29 is 19.1 Å². The summed E-state index contributed by atoms with van der Waals surface area (Å²) in [5.41, 5.74) is 0.803. The van der Waals surface area contributed by atoms with Crippen LogP contribution in [0.5, 0.6) is 0 Å². The number of nitrogens with zero attached hydrogens (tertiary/aromatic N) is 1. The second-order valence-electron chi connectivity index (χ2n) is 7.67. The number of hydrogen-bond donors (Lipinski definition) is 1. The van der Waals surface area contributed by atoms with Crippen LogP contribution < -0.4 is 5.32 Å². The summed E-state index contributed by atoms with van der Waals surface area (Å²) in [5, 5.41) is 3.74. The van der Waals surface area contributed by atoms with Gasteiger partial charge in [-0.2, -0.15) is 0 Å². The van der Waals surface area contributed by atoms with Crippen molar-refractivity contribution >= 4 is 122 Å². The third-order valence-corrected chi connectivity index (χ3v) is 9.08. The summed E-state index contributed by atoms with van der Waals surface area (Å²) in [6.45, 7) is 0. The lowest BCUT2D eigenvalue weighted by Crippen LogP contribution is -2.46. The molecule has 1 saturated carbocycles. The van der Waals surface area contributed by atoms with Gasteiger partial charge < -0.3 is 14.8 Å². The molecule has 194 valence electrons. The summed E-state index contributed by atoms with van der Waals surface area (Å²) in [5.74, 6) is -2.79. The normalized spacial score (nSPS) is 20.8. The number of ether oxygens (including phenoxy) is 2. The molecular weight excluding hydrogens is 640 g/mol. The summed E-state index contributed by atoms with van der Waals surface area (Å²) in [4.78, 5) is 30.1. The fourth-order valence-corrected chi connectivity index (χ4v) is 5.48. The summed E-state index contributed by atoms with van der Waals surface area (Å²) < 4.78 is 10.0. The number of aliphatic imine (C=N–C) groups is 1. The van der Waals surface area contributed by atoms with Crippen LogP contribution in [0, 0.1) is 11.8 Å². The van der Waals surface area contributed by atoms with E-state index in [4.69, 9.17) is 102 Å². The fraction of sp³-hybridized carbons (Fsp3) is 0.318. The fourth-order valence-electron chi connectivity index (χ4n) is 3.79. The SMILES string of the molecule is COC(=O)C1CC(Nc2cc(Cl)c(Cl)c(Cl)c2Cl)C(C(=O)OC)CC1=Nc1cc(Cl)c(Cl)c(Cl)c1Cl. The highest BCUT2D eigenvalue weighted by Crippen LogP contribution is 2.45. The molecule has 0 radical (unpaired) electrons. The Bertz CT molecular complexity index is 1250. The number of rotatable bonds is 5. The topological polar surface area (TPSA) is 77.0 Å². The van der Waals surface area contributed by atoms with Gasteiger partial charge in [-0.25, -0.2) is 0 Å². The molecule has 0 aromatic heterocycles. The van der Waals surface area contributed by atoms with Crippen molar-refractivity contribution in [1.82, 2.24) is 0 Å². The molecule has 1 aliphatic rings. The van der Waals surface area contributed by atoms with Crippen molar-refractivity contribution in [3.05, 3.63) is 52.3 Å². The zero-order chi connectivity index (χ0) is 26.9. The molecule has 0 amide bonds. The number of carbonyl (C=O) groups excluding carboxylic acids is 2. The number of halogens is 8. The zero-order valence-electron chi connectivity index (χ0n) is 18.4. The van der Waals surface area contributed by atoms with Gasteiger partial charge >= 0.3 is 11.9 Å². The minimum Gasteiger partial charge on any atom is -0.469 e. The molecule has 36 heavy (non-hydrogen) atoms. The average molecular weight is 656 g/mol. The van der Waals surface area contributed by atoms with Crippen LogP contribution in [-0.2, 0) is 19.1 Å². The van der Waals surface area contributed by atoms with E-state index in [1.165, 1.54) is 26.4 Å². The van der Waals surface area contributed by atoms with E-state index in [1.807, 2.05) is 0 Å². The molecule has 6 nitrogen and oxygen atoms in total. The van der Waals surface area contributed by atoms with Crippen molar-refractivity contribution in [2.24, 2.45) is 16.8 Å². The third kappa shape index (κ3) is 6.08. The van der Waals surface area contributed by atoms with Crippen LogP contribution >= 0.6 is 92.8 Å². The minimum absolute atomic E-state index is 0.00493. The van der Waals surface area contributed by atoms with Gasteiger partial charge in [-0.1, -0.05) is 92.8 Å². The average Bonchev–Trinajstić information content (AvgIpc) is 2.87. The molecule has 3 unspecified atom stereocenters. The van der Waals surface area contributed by atoms with E-state index in [0.717, 1.165) is 0 Å². The third-order valence-electron chi connectivity index (χ3n) is 5.59. The molecule has 0 bridgehead atoms. The van der Waals surface area contributed by atoms with Gasteiger partial charge in [0.2, 0.25) is 0 Å². The number of carbonyl (C=O) groups is 2. The molecule has 0 spiro atoms. The number of esters is 2. The van der Waals surface area contributed by atoms with Crippen LogP contribution in [0.3, 0.4) is 0 Å². The molecule has 1 N–H and O–H groups in total. The Morgan fingerprint density at radius 3 is 1.94 bits per heavy atom. The summed E-state index contributed by atoms with van der Waals surface area (Å²) >= 11 is 49.4. The Morgan fingerprint density at radius 1 is 0.806 bits per heavy atom. The van der Waals surface area contributed by atoms with E-state index >= 15 is 0 Å².